The number of aliphatic carboxylic acids is 1. The van der Waals surface area contributed by atoms with Gasteiger partial charge in [-0.3, -0.25) is 4.79 Å². The lowest BCUT2D eigenvalue weighted by Crippen LogP contribution is -2.53. The predicted octanol–water partition coefficient (Wildman–Crippen LogP) is 2.57. The van der Waals surface area contributed by atoms with Crippen molar-refractivity contribution < 1.29 is 18.3 Å². The summed E-state index contributed by atoms with van der Waals surface area (Å²) in [6, 6.07) is 4.51. The Morgan fingerprint density at radius 3 is 2.30 bits per heavy atom. The zero-order valence-electron chi connectivity index (χ0n) is 11.6. The molecule has 0 aliphatic carbocycles. The zero-order valence-corrected chi connectivity index (χ0v) is 13.2. The lowest BCUT2D eigenvalue weighted by Gasteiger charge is -2.27. The van der Waals surface area contributed by atoms with Crippen LogP contribution in [0.3, 0.4) is 0 Å². The van der Waals surface area contributed by atoms with E-state index in [0.717, 1.165) is 5.56 Å². The molecule has 0 fully saturated rings. The maximum atomic E-state index is 12.3. The fourth-order valence-electron chi connectivity index (χ4n) is 1.88. The minimum Gasteiger partial charge on any atom is -0.480 e. The van der Waals surface area contributed by atoms with Crippen LogP contribution in [-0.2, 0) is 14.8 Å². The van der Waals surface area contributed by atoms with E-state index in [1.54, 1.807) is 26.8 Å². The van der Waals surface area contributed by atoms with Gasteiger partial charge in [0.2, 0.25) is 10.0 Å². The molecule has 0 bridgehead atoms. The Morgan fingerprint density at radius 2 is 1.90 bits per heavy atom. The maximum Gasteiger partial charge on any atom is 0.324 e. The number of rotatable bonds is 6. The Hall–Kier alpha value is -1.11. The van der Waals surface area contributed by atoms with Crippen molar-refractivity contribution >= 4 is 27.6 Å². The molecule has 0 aliphatic rings. The van der Waals surface area contributed by atoms with Gasteiger partial charge in [-0.1, -0.05) is 31.5 Å². The molecule has 112 valence electrons. The fraction of sp³-hybridized carbons (Fsp3) is 0.462. The Labute approximate surface area is 124 Å². The molecule has 5 nitrogen and oxygen atoms in total. The molecule has 0 heterocycles. The molecule has 1 aromatic carbocycles. The van der Waals surface area contributed by atoms with Gasteiger partial charge in [0.05, 0.1) is 5.02 Å². The van der Waals surface area contributed by atoms with Crippen molar-refractivity contribution in [3.63, 3.8) is 0 Å². The molecule has 0 saturated heterocycles. The summed E-state index contributed by atoms with van der Waals surface area (Å²) in [4.78, 5) is 11.3. The Morgan fingerprint density at radius 1 is 1.35 bits per heavy atom. The number of carbonyl (C=O) groups is 1. The molecule has 0 atom stereocenters. The molecule has 1 rings (SSSR count). The van der Waals surface area contributed by atoms with Crippen molar-refractivity contribution in [3.8, 4) is 0 Å². The lowest BCUT2D eigenvalue weighted by atomic mass is 9.95. The van der Waals surface area contributed by atoms with Crippen molar-refractivity contribution in [3.05, 3.63) is 28.8 Å². The fourth-order valence-corrected chi connectivity index (χ4v) is 3.98. The van der Waals surface area contributed by atoms with Gasteiger partial charge in [0.15, 0.2) is 0 Å². The van der Waals surface area contributed by atoms with Crippen molar-refractivity contribution in [2.75, 3.05) is 0 Å². The average Bonchev–Trinajstić information content (AvgIpc) is 2.35. The van der Waals surface area contributed by atoms with E-state index in [4.69, 9.17) is 11.6 Å². The van der Waals surface area contributed by atoms with E-state index in [9.17, 15) is 18.3 Å². The van der Waals surface area contributed by atoms with Gasteiger partial charge >= 0.3 is 5.97 Å². The molecule has 0 radical (unpaired) electrons. The first-order valence-corrected chi connectivity index (χ1v) is 8.08. The summed E-state index contributed by atoms with van der Waals surface area (Å²) in [6.07, 6.45) is 0.281. The highest BCUT2D eigenvalue weighted by Gasteiger charge is 2.39. The second-order valence-corrected chi connectivity index (χ2v) is 6.69. The molecule has 0 unspecified atom stereocenters. The van der Waals surface area contributed by atoms with Crippen LogP contribution in [0.4, 0.5) is 0 Å². The van der Waals surface area contributed by atoms with Gasteiger partial charge in [0, 0.05) is 0 Å². The van der Waals surface area contributed by atoms with Crippen LogP contribution in [0.15, 0.2) is 23.1 Å². The van der Waals surface area contributed by atoms with E-state index in [-0.39, 0.29) is 22.8 Å². The third-order valence-electron chi connectivity index (χ3n) is 3.32. The van der Waals surface area contributed by atoms with Crippen LogP contribution in [0.5, 0.6) is 0 Å². The SMILES string of the molecule is CCC(CC)(NS(=O)(=O)c1ccc(C)cc1Cl)C(=O)O. The van der Waals surface area contributed by atoms with Crippen molar-refractivity contribution in [1.82, 2.24) is 4.72 Å². The number of hydrogen-bond acceptors (Lipinski definition) is 3. The molecule has 1 aromatic rings. The number of carboxylic acids is 1. The number of aryl methyl sites for hydroxylation is 1. The first-order valence-electron chi connectivity index (χ1n) is 6.22. The zero-order chi connectivity index (χ0) is 15.6. The van der Waals surface area contributed by atoms with Crippen LogP contribution < -0.4 is 4.72 Å². The van der Waals surface area contributed by atoms with Gasteiger partial charge < -0.3 is 5.11 Å². The molecule has 0 aromatic heterocycles. The van der Waals surface area contributed by atoms with E-state index in [1.807, 2.05) is 0 Å². The highest BCUT2D eigenvalue weighted by atomic mass is 35.5. The smallest absolute Gasteiger partial charge is 0.324 e. The van der Waals surface area contributed by atoms with Crippen molar-refractivity contribution in [1.29, 1.82) is 0 Å². The van der Waals surface area contributed by atoms with E-state index >= 15 is 0 Å². The minimum atomic E-state index is -4.00. The third-order valence-corrected chi connectivity index (χ3v) is 5.34. The number of halogens is 1. The first-order chi connectivity index (χ1) is 9.18. The van der Waals surface area contributed by atoms with Crippen LogP contribution in [0, 0.1) is 6.92 Å². The summed E-state index contributed by atoms with van der Waals surface area (Å²) in [7, 11) is -4.00. The standard InChI is InChI=1S/C13H18ClNO4S/c1-4-13(5-2,12(16)17)15-20(18,19)11-7-6-9(3)8-10(11)14/h6-8,15H,4-5H2,1-3H3,(H,16,17). The summed E-state index contributed by atoms with van der Waals surface area (Å²) in [5, 5.41) is 9.36. The Balaban J connectivity index is 3.27. The summed E-state index contributed by atoms with van der Waals surface area (Å²) >= 11 is 5.94. The number of hydrogen-bond donors (Lipinski definition) is 2. The number of carboxylic acid groups (broad SMARTS) is 1. The largest absolute Gasteiger partial charge is 0.480 e. The topological polar surface area (TPSA) is 83.5 Å². The van der Waals surface area contributed by atoms with Gasteiger partial charge in [-0.25, -0.2) is 8.42 Å². The van der Waals surface area contributed by atoms with Gasteiger partial charge in [0.1, 0.15) is 10.4 Å². The number of sulfonamides is 1. The van der Waals surface area contributed by atoms with Gasteiger partial charge in [0.25, 0.3) is 0 Å². The van der Waals surface area contributed by atoms with E-state index < -0.39 is 21.5 Å². The Bertz CT molecular complexity index is 609. The van der Waals surface area contributed by atoms with Crippen LogP contribution in [0.25, 0.3) is 0 Å². The van der Waals surface area contributed by atoms with Gasteiger partial charge in [-0.2, -0.15) is 4.72 Å². The molecule has 0 amide bonds. The molecular formula is C13H18ClNO4S. The van der Waals surface area contributed by atoms with Crippen molar-refractivity contribution in [2.45, 2.75) is 44.0 Å². The molecule has 0 spiro atoms. The van der Waals surface area contributed by atoms with Gasteiger partial charge in [-0.15, -0.1) is 0 Å². The molecule has 0 saturated carbocycles. The number of nitrogens with one attached hydrogen (secondary N) is 1. The van der Waals surface area contributed by atoms with Crippen LogP contribution >= 0.6 is 11.6 Å². The second-order valence-electron chi connectivity index (χ2n) is 4.63. The monoisotopic (exact) mass is 319 g/mol. The molecule has 20 heavy (non-hydrogen) atoms. The summed E-state index contributed by atoms with van der Waals surface area (Å²) in [5.74, 6) is -1.20. The highest BCUT2D eigenvalue weighted by molar-refractivity contribution is 7.89. The average molecular weight is 320 g/mol. The van der Waals surface area contributed by atoms with E-state index in [1.165, 1.54) is 12.1 Å². The van der Waals surface area contributed by atoms with E-state index in [0.29, 0.717) is 0 Å². The van der Waals surface area contributed by atoms with Crippen LogP contribution in [0.2, 0.25) is 5.02 Å². The molecular weight excluding hydrogens is 302 g/mol. The second kappa shape index (κ2) is 6.11. The minimum absolute atomic E-state index is 0.0731. The first kappa shape index (κ1) is 16.9. The van der Waals surface area contributed by atoms with Crippen molar-refractivity contribution in [2.24, 2.45) is 0 Å². The van der Waals surface area contributed by atoms with E-state index in [2.05, 4.69) is 4.72 Å². The molecule has 2 N–H and O–H groups in total. The quantitative estimate of drug-likeness (QED) is 0.844. The van der Waals surface area contributed by atoms with Crippen LogP contribution in [0.1, 0.15) is 32.3 Å². The predicted molar refractivity (Wildman–Crippen MR) is 77.5 cm³/mol. The highest BCUT2D eigenvalue weighted by Crippen LogP contribution is 2.25. The van der Waals surface area contributed by atoms with Gasteiger partial charge in [-0.05, 0) is 37.5 Å². The summed E-state index contributed by atoms with van der Waals surface area (Å²) < 4.78 is 27.0. The molecule has 0 aliphatic heterocycles. The molecule has 7 heteroatoms. The Kier molecular flexibility index (Phi) is 5.18. The third kappa shape index (κ3) is 3.31. The summed E-state index contributed by atoms with van der Waals surface area (Å²) in [5.41, 5.74) is -0.697. The summed E-state index contributed by atoms with van der Waals surface area (Å²) in [6.45, 7) is 5.03. The maximum absolute atomic E-state index is 12.3. The lowest BCUT2D eigenvalue weighted by molar-refractivity contribution is -0.144. The normalized spacial score (nSPS) is 12.4. The van der Waals surface area contributed by atoms with Crippen LogP contribution in [-0.4, -0.2) is 25.0 Å². The number of benzene rings is 1.